The molecule has 0 unspecified atom stereocenters. The minimum absolute atomic E-state index is 0.0410. The van der Waals surface area contributed by atoms with Gasteiger partial charge in [0.05, 0.1) is 0 Å². The smallest absolute Gasteiger partial charge is 0.178 e. The van der Waals surface area contributed by atoms with Gasteiger partial charge in [0.25, 0.3) is 0 Å². The number of rotatable bonds is 2. The van der Waals surface area contributed by atoms with Gasteiger partial charge in [-0.25, -0.2) is 0 Å². The van der Waals surface area contributed by atoms with Crippen LogP contribution in [0, 0.1) is 6.92 Å². The zero-order valence-electron chi connectivity index (χ0n) is 12.7. The molecule has 0 aromatic heterocycles. The van der Waals surface area contributed by atoms with Crippen molar-refractivity contribution in [1.82, 2.24) is 0 Å². The number of aryl methyl sites for hydroxylation is 1. The molecule has 2 aromatic carbocycles. The van der Waals surface area contributed by atoms with E-state index >= 15 is 0 Å². The Morgan fingerprint density at radius 2 is 1.43 bits per heavy atom. The molecule has 0 aliphatic heterocycles. The number of phenolic OH excluding ortho intramolecular Hbond substituents is 2. The molecule has 2 aromatic rings. The zero-order valence-corrected chi connectivity index (χ0v) is 12.7. The summed E-state index contributed by atoms with van der Waals surface area (Å²) in [5, 5.41) is 19.3. The van der Waals surface area contributed by atoms with Crippen LogP contribution in [0.2, 0.25) is 0 Å². The van der Waals surface area contributed by atoms with E-state index < -0.39 is 0 Å². The van der Waals surface area contributed by atoms with E-state index in [1.54, 1.807) is 30.4 Å². The number of carbonyl (C=O) groups is 1. The van der Waals surface area contributed by atoms with Crippen LogP contribution < -0.4 is 0 Å². The van der Waals surface area contributed by atoms with Gasteiger partial charge in [-0.05, 0) is 71.2 Å². The van der Waals surface area contributed by atoms with Crippen molar-refractivity contribution in [2.45, 2.75) is 6.92 Å². The van der Waals surface area contributed by atoms with Gasteiger partial charge in [-0.3, -0.25) is 4.79 Å². The summed E-state index contributed by atoms with van der Waals surface area (Å²) in [6, 6.07) is 12.3. The highest BCUT2D eigenvalue weighted by Crippen LogP contribution is 2.32. The predicted octanol–water partition coefficient (Wildman–Crippen LogP) is 3.90. The number of allylic oxidation sites excluding steroid dienone is 5. The average Bonchev–Trinajstić information content (AvgIpc) is 2.55. The first-order valence-electron chi connectivity index (χ1n) is 7.28. The second-order valence-corrected chi connectivity index (χ2v) is 5.45. The van der Waals surface area contributed by atoms with E-state index in [0.29, 0.717) is 0 Å². The average molecular weight is 304 g/mol. The Kier molecular flexibility index (Phi) is 3.85. The number of phenols is 2. The van der Waals surface area contributed by atoms with Crippen LogP contribution in [-0.4, -0.2) is 16.0 Å². The predicted molar refractivity (Wildman–Crippen MR) is 90.3 cm³/mol. The summed E-state index contributed by atoms with van der Waals surface area (Å²) in [6.45, 7) is 1.84. The SMILES string of the molecule is Cc1cc(C(=C2C=CC(=O)C=C2)c2ccc(O)cc2)ccc1O. The normalized spacial score (nSPS) is 13.4. The van der Waals surface area contributed by atoms with Crippen LogP contribution in [-0.2, 0) is 4.79 Å². The van der Waals surface area contributed by atoms with Gasteiger partial charge in [-0.2, -0.15) is 0 Å². The number of ketones is 1. The standard InChI is InChI=1S/C20H16O3/c1-13-12-16(6-11-19(13)23)20(14-2-7-17(21)8-3-14)15-4-9-18(22)10-5-15/h2-12,21,23H,1H3. The number of benzene rings is 2. The van der Waals surface area contributed by atoms with Crippen molar-refractivity contribution in [3.63, 3.8) is 0 Å². The highest BCUT2D eigenvalue weighted by Gasteiger charge is 2.12. The van der Waals surface area contributed by atoms with Crippen molar-refractivity contribution in [3.8, 4) is 11.5 Å². The highest BCUT2D eigenvalue weighted by molar-refractivity contribution is 6.03. The van der Waals surface area contributed by atoms with E-state index in [1.165, 1.54) is 12.2 Å². The molecule has 3 rings (SSSR count). The van der Waals surface area contributed by atoms with Gasteiger partial charge < -0.3 is 10.2 Å². The summed E-state index contributed by atoms with van der Waals surface area (Å²) in [5.41, 5.74) is 4.48. The second kappa shape index (κ2) is 5.97. The van der Waals surface area contributed by atoms with Gasteiger partial charge in [0, 0.05) is 0 Å². The molecule has 3 heteroatoms. The lowest BCUT2D eigenvalue weighted by atomic mass is 9.90. The van der Waals surface area contributed by atoms with Crippen LogP contribution >= 0.6 is 0 Å². The fraction of sp³-hybridized carbons (Fsp3) is 0.0500. The molecule has 3 nitrogen and oxygen atoms in total. The molecular formula is C20H16O3. The maximum atomic E-state index is 11.4. The summed E-state index contributed by atoms with van der Waals surface area (Å²) in [7, 11) is 0. The third-order valence-corrected chi connectivity index (χ3v) is 3.78. The Morgan fingerprint density at radius 1 is 0.826 bits per heavy atom. The minimum atomic E-state index is -0.0410. The fourth-order valence-electron chi connectivity index (χ4n) is 2.56. The maximum absolute atomic E-state index is 11.4. The minimum Gasteiger partial charge on any atom is -0.508 e. The molecule has 0 heterocycles. The van der Waals surface area contributed by atoms with Crippen LogP contribution in [0.3, 0.4) is 0 Å². The Labute approximate surface area is 134 Å². The molecule has 0 radical (unpaired) electrons. The Balaban J connectivity index is 2.22. The van der Waals surface area contributed by atoms with E-state index in [9.17, 15) is 15.0 Å². The molecule has 2 N–H and O–H groups in total. The first kappa shape index (κ1) is 14.9. The van der Waals surface area contributed by atoms with Gasteiger partial charge >= 0.3 is 0 Å². The Morgan fingerprint density at radius 3 is 2.04 bits per heavy atom. The van der Waals surface area contributed by atoms with Gasteiger partial charge in [-0.1, -0.05) is 30.4 Å². The van der Waals surface area contributed by atoms with Crippen LogP contribution in [0.5, 0.6) is 11.5 Å². The molecule has 0 saturated carbocycles. The lowest BCUT2D eigenvalue weighted by Gasteiger charge is -2.14. The summed E-state index contributed by atoms with van der Waals surface area (Å²) in [5.74, 6) is 0.402. The Bertz CT molecular complexity index is 835. The summed E-state index contributed by atoms with van der Waals surface area (Å²) >= 11 is 0. The molecule has 0 atom stereocenters. The summed E-state index contributed by atoms with van der Waals surface area (Å²) < 4.78 is 0. The molecule has 1 aliphatic carbocycles. The Hall–Kier alpha value is -3.07. The van der Waals surface area contributed by atoms with Crippen LogP contribution in [0.25, 0.3) is 5.57 Å². The fourth-order valence-corrected chi connectivity index (χ4v) is 2.56. The maximum Gasteiger partial charge on any atom is 0.178 e. The van der Waals surface area contributed by atoms with Crippen molar-refractivity contribution in [3.05, 3.63) is 89.0 Å². The summed E-state index contributed by atoms with van der Waals surface area (Å²) in [6.07, 6.45) is 6.63. The van der Waals surface area contributed by atoms with Crippen molar-refractivity contribution in [1.29, 1.82) is 0 Å². The van der Waals surface area contributed by atoms with Crippen LogP contribution in [0.4, 0.5) is 0 Å². The van der Waals surface area contributed by atoms with E-state index in [4.69, 9.17) is 0 Å². The first-order chi connectivity index (χ1) is 11.0. The molecule has 0 bridgehead atoms. The zero-order chi connectivity index (χ0) is 16.4. The topological polar surface area (TPSA) is 57.5 Å². The lowest BCUT2D eigenvalue weighted by molar-refractivity contribution is -0.110. The summed E-state index contributed by atoms with van der Waals surface area (Å²) in [4.78, 5) is 11.4. The van der Waals surface area contributed by atoms with E-state index in [1.807, 2.05) is 31.2 Å². The van der Waals surface area contributed by atoms with E-state index in [0.717, 1.165) is 27.8 Å². The number of aromatic hydroxyl groups is 2. The highest BCUT2D eigenvalue weighted by atomic mass is 16.3. The monoisotopic (exact) mass is 304 g/mol. The van der Waals surface area contributed by atoms with Crippen molar-refractivity contribution < 1.29 is 15.0 Å². The van der Waals surface area contributed by atoms with Crippen molar-refractivity contribution in [2.24, 2.45) is 0 Å². The molecule has 0 fully saturated rings. The molecular weight excluding hydrogens is 288 g/mol. The lowest BCUT2D eigenvalue weighted by Crippen LogP contribution is -1.97. The van der Waals surface area contributed by atoms with Crippen molar-refractivity contribution in [2.75, 3.05) is 0 Å². The van der Waals surface area contributed by atoms with E-state index in [2.05, 4.69) is 0 Å². The van der Waals surface area contributed by atoms with Crippen molar-refractivity contribution >= 4 is 11.4 Å². The quantitative estimate of drug-likeness (QED) is 0.884. The molecule has 1 aliphatic rings. The molecule has 114 valence electrons. The van der Waals surface area contributed by atoms with E-state index in [-0.39, 0.29) is 17.3 Å². The molecule has 0 saturated heterocycles. The van der Waals surface area contributed by atoms with Gasteiger partial charge in [-0.15, -0.1) is 0 Å². The largest absolute Gasteiger partial charge is 0.508 e. The van der Waals surface area contributed by atoms with Gasteiger partial charge in [0.2, 0.25) is 0 Å². The molecule has 23 heavy (non-hydrogen) atoms. The van der Waals surface area contributed by atoms with Gasteiger partial charge in [0.15, 0.2) is 5.78 Å². The van der Waals surface area contributed by atoms with Gasteiger partial charge in [0.1, 0.15) is 11.5 Å². The number of carbonyl (C=O) groups excluding carboxylic acids is 1. The number of hydrogen-bond donors (Lipinski definition) is 2. The van der Waals surface area contributed by atoms with Crippen LogP contribution in [0.1, 0.15) is 16.7 Å². The molecule has 0 spiro atoms. The first-order valence-corrected chi connectivity index (χ1v) is 7.28. The second-order valence-electron chi connectivity index (χ2n) is 5.45. The third-order valence-electron chi connectivity index (χ3n) is 3.78. The molecule has 0 amide bonds. The number of hydrogen-bond acceptors (Lipinski definition) is 3. The van der Waals surface area contributed by atoms with Crippen LogP contribution in [0.15, 0.2) is 72.3 Å². The third kappa shape index (κ3) is 3.09.